The SMILES string of the molecule is Sc1ccccc1-c1cc(-c2cccc3c2oc2c(-c4cccc5c4C4=CCCC=C4C54CCCCC4)cccc23)nc(-c2ccccc2)n1. The van der Waals surface area contributed by atoms with E-state index >= 15 is 0 Å². The van der Waals surface area contributed by atoms with E-state index in [-0.39, 0.29) is 5.41 Å². The molecule has 4 heteroatoms. The van der Waals surface area contributed by atoms with E-state index in [2.05, 4.69) is 91.0 Å². The molecule has 242 valence electrons. The summed E-state index contributed by atoms with van der Waals surface area (Å²) in [7, 11) is 0. The molecule has 0 unspecified atom stereocenters. The van der Waals surface area contributed by atoms with Crippen molar-refractivity contribution in [3.8, 4) is 45.0 Å². The summed E-state index contributed by atoms with van der Waals surface area (Å²) in [4.78, 5) is 11.1. The number of thiol groups is 1. The molecule has 2 heterocycles. The first-order valence-corrected chi connectivity index (χ1v) is 18.4. The van der Waals surface area contributed by atoms with Gasteiger partial charge in [-0.2, -0.15) is 0 Å². The summed E-state index contributed by atoms with van der Waals surface area (Å²) in [6, 6.07) is 40.4. The van der Waals surface area contributed by atoms with Crippen molar-refractivity contribution in [2.75, 3.05) is 0 Å². The fourth-order valence-corrected chi connectivity index (χ4v) is 9.31. The largest absolute Gasteiger partial charge is 0.455 e. The van der Waals surface area contributed by atoms with Crippen LogP contribution in [-0.2, 0) is 5.41 Å². The van der Waals surface area contributed by atoms with Gasteiger partial charge in [-0.1, -0.05) is 128 Å². The molecule has 0 aliphatic heterocycles. The van der Waals surface area contributed by atoms with E-state index in [9.17, 15) is 0 Å². The third-order valence-electron chi connectivity index (χ3n) is 11.3. The summed E-state index contributed by atoms with van der Waals surface area (Å²) in [5.41, 5.74) is 14.9. The smallest absolute Gasteiger partial charge is 0.160 e. The summed E-state index contributed by atoms with van der Waals surface area (Å²) in [5.74, 6) is 0.671. The summed E-state index contributed by atoms with van der Waals surface area (Å²) in [6.07, 6.45) is 13.7. The minimum absolute atomic E-state index is 0.150. The quantitative estimate of drug-likeness (QED) is 0.190. The number of hydrogen-bond donors (Lipinski definition) is 1. The van der Waals surface area contributed by atoms with Crippen molar-refractivity contribution >= 4 is 40.1 Å². The fourth-order valence-electron chi connectivity index (χ4n) is 9.03. The Bertz CT molecular complexity index is 2530. The molecule has 50 heavy (non-hydrogen) atoms. The van der Waals surface area contributed by atoms with Crippen molar-refractivity contribution in [3.63, 3.8) is 0 Å². The molecule has 3 aliphatic rings. The van der Waals surface area contributed by atoms with Crippen LogP contribution in [0.2, 0.25) is 0 Å². The summed E-state index contributed by atoms with van der Waals surface area (Å²) in [6.45, 7) is 0. The average molecular weight is 665 g/mol. The van der Waals surface area contributed by atoms with Crippen molar-refractivity contribution in [3.05, 3.63) is 144 Å². The number of para-hydroxylation sites is 2. The average Bonchev–Trinajstić information content (AvgIpc) is 3.69. The van der Waals surface area contributed by atoms with E-state index in [1.807, 2.05) is 36.4 Å². The Morgan fingerprint density at radius 3 is 2.02 bits per heavy atom. The first-order valence-electron chi connectivity index (χ1n) is 17.9. The van der Waals surface area contributed by atoms with Gasteiger partial charge in [0.05, 0.1) is 11.4 Å². The number of allylic oxidation sites excluding steroid dienone is 4. The second-order valence-corrected chi connectivity index (χ2v) is 14.5. The van der Waals surface area contributed by atoms with E-state index in [0.29, 0.717) is 5.82 Å². The van der Waals surface area contributed by atoms with Gasteiger partial charge in [-0.25, -0.2) is 9.97 Å². The topological polar surface area (TPSA) is 38.9 Å². The van der Waals surface area contributed by atoms with Gasteiger partial charge in [0.1, 0.15) is 11.2 Å². The number of nitrogens with zero attached hydrogens (tertiary/aromatic N) is 2. The maximum absolute atomic E-state index is 7.06. The van der Waals surface area contributed by atoms with E-state index in [4.69, 9.17) is 27.0 Å². The summed E-state index contributed by atoms with van der Waals surface area (Å²) < 4.78 is 7.06. The van der Waals surface area contributed by atoms with Gasteiger partial charge in [0, 0.05) is 43.3 Å². The zero-order valence-electron chi connectivity index (χ0n) is 27.8. The monoisotopic (exact) mass is 664 g/mol. The van der Waals surface area contributed by atoms with Crippen molar-refractivity contribution in [2.24, 2.45) is 0 Å². The van der Waals surface area contributed by atoms with Gasteiger partial charge in [-0.05, 0) is 71.7 Å². The molecule has 1 spiro atoms. The van der Waals surface area contributed by atoms with Crippen LogP contribution in [0, 0.1) is 0 Å². The first-order chi connectivity index (χ1) is 24.7. The van der Waals surface area contributed by atoms with Crippen LogP contribution in [0.5, 0.6) is 0 Å². The van der Waals surface area contributed by atoms with Crippen LogP contribution in [0.1, 0.15) is 56.1 Å². The molecule has 0 amide bonds. The number of benzene rings is 5. The summed E-state index contributed by atoms with van der Waals surface area (Å²) in [5, 5.41) is 2.21. The van der Waals surface area contributed by atoms with E-state index in [0.717, 1.165) is 73.3 Å². The minimum atomic E-state index is 0.150. The lowest BCUT2D eigenvalue weighted by Gasteiger charge is -2.37. The number of rotatable bonds is 4. The lowest BCUT2D eigenvalue weighted by molar-refractivity contribution is 0.352. The molecule has 0 bridgehead atoms. The molecule has 7 aromatic rings. The Labute approximate surface area is 297 Å². The van der Waals surface area contributed by atoms with Crippen LogP contribution in [0.4, 0.5) is 0 Å². The second kappa shape index (κ2) is 11.7. The second-order valence-electron chi connectivity index (χ2n) is 14.0. The lowest BCUT2D eigenvalue weighted by Crippen LogP contribution is -2.28. The van der Waals surface area contributed by atoms with Gasteiger partial charge < -0.3 is 4.42 Å². The van der Waals surface area contributed by atoms with Crippen molar-refractivity contribution in [2.45, 2.75) is 55.3 Å². The van der Waals surface area contributed by atoms with Gasteiger partial charge in [0.25, 0.3) is 0 Å². The predicted octanol–water partition coefficient (Wildman–Crippen LogP) is 12.7. The fraction of sp³-hybridized carbons (Fsp3) is 0.174. The molecule has 1 fully saturated rings. The number of aromatic nitrogens is 2. The van der Waals surface area contributed by atoms with Gasteiger partial charge in [0.2, 0.25) is 0 Å². The van der Waals surface area contributed by atoms with Crippen LogP contribution in [0.3, 0.4) is 0 Å². The highest BCUT2D eigenvalue weighted by molar-refractivity contribution is 7.80. The molecule has 10 rings (SSSR count). The molecule has 0 atom stereocenters. The van der Waals surface area contributed by atoms with Gasteiger partial charge in [-0.15, -0.1) is 12.6 Å². The zero-order chi connectivity index (χ0) is 33.2. The lowest BCUT2D eigenvalue weighted by atomic mass is 9.67. The Balaban J connectivity index is 1.19. The number of hydrogen-bond acceptors (Lipinski definition) is 4. The third kappa shape index (κ3) is 4.51. The normalized spacial score (nSPS) is 16.3. The molecule has 5 aromatic carbocycles. The molecule has 0 radical (unpaired) electrons. The highest BCUT2D eigenvalue weighted by atomic mass is 32.1. The standard InChI is InChI=1S/C46H36N2OS/c50-41-25-8-6-17-35(41)39-28-40(48-45(47-39)29-14-3-1-4-15-29)36-22-12-21-33-32-20-11-19-31(43(32)49-44(33)36)30-18-13-24-38-42(30)34-16-5-7-23-37(34)46(38)26-9-2-10-27-46/h1,3-4,6,8,11-25,28,50H,2,5,7,9-10,26-27H2. The first kappa shape index (κ1) is 29.7. The van der Waals surface area contributed by atoms with Gasteiger partial charge in [0.15, 0.2) is 5.82 Å². The highest BCUT2D eigenvalue weighted by Crippen LogP contribution is 2.60. The maximum atomic E-state index is 7.06. The molecular weight excluding hydrogens is 629 g/mol. The third-order valence-corrected chi connectivity index (χ3v) is 11.6. The predicted molar refractivity (Wildman–Crippen MR) is 208 cm³/mol. The Morgan fingerprint density at radius 1 is 0.580 bits per heavy atom. The minimum Gasteiger partial charge on any atom is -0.455 e. The Hall–Kier alpha value is -5.19. The van der Waals surface area contributed by atoms with Crippen LogP contribution >= 0.6 is 12.6 Å². The van der Waals surface area contributed by atoms with E-state index in [1.165, 1.54) is 54.4 Å². The molecule has 1 saturated carbocycles. The number of fused-ring (bicyclic) bond motifs is 8. The van der Waals surface area contributed by atoms with E-state index in [1.54, 1.807) is 5.57 Å². The maximum Gasteiger partial charge on any atom is 0.160 e. The molecular formula is C46H36N2OS. The number of furan rings is 1. The van der Waals surface area contributed by atoms with Crippen molar-refractivity contribution in [1.82, 2.24) is 9.97 Å². The van der Waals surface area contributed by atoms with E-state index < -0.39 is 0 Å². The highest BCUT2D eigenvalue weighted by Gasteiger charge is 2.47. The van der Waals surface area contributed by atoms with Crippen LogP contribution in [0.25, 0.3) is 72.5 Å². The zero-order valence-corrected chi connectivity index (χ0v) is 28.7. The molecule has 0 N–H and O–H groups in total. The summed E-state index contributed by atoms with van der Waals surface area (Å²) >= 11 is 4.79. The van der Waals surface area contributed by atoms with Gasteiger partial charge >= 0.3 is 0 Å². The van der Waals surface area contributed by atoms with Crippen LogP contribution < -0.4 is 0 Å². The van der Waals surface area contributed by atoms with Crippen LogP contribution in [0.15, 0.2) is 142 Å². The molecule has 0 saturated heterocycles. The van der Waals surface area contributed by atoms with Gasteiger partial charge in [-0.3, -0.25) is 0 Å². The molecule has 2 aromatic heterocycles. The molecule has 3 nitrogen and oxygen atoms in total. The van der Waals surface area contributed by atoms with Crippen molar-refractivity contribution < 1.29 is 4.42 Å². The Morgan fingerprint density at radius 2 is 1.22 bits per heavy atom. The van der Waals surface area contributed by atoms with Crippen LogP contribution in [-0.4, -0.2) is 9.97 Å². The van der Waals surface area contributed by atoms with Crippen molar-refractivity contribution in [1.29, 1.82) is 0 Å². The Kier molecular flexibility index (Phi) is 6.96. The molecule has 3 aliphatic carbocycles.